The van der Waals surface area contributed by atoms with Crippen molar-refractivity contribution in [2.75, 3.05) is 7.05 Å². The molecule has 0 aliphatic rings. The van der Waals surface area contributed by atoms with Crippen LogP contribution in [-0.4, -0.2) is 7.05 Å². The highest BCUT2D eigenvalue weighted by molar-refractivity contribution is 5.54. The second kappa shape index (κ2) is 14.2. The first-order valence-corrected chi connectivity index (χ1v) is 8.34. The zero-order chi connectivity index (χ0) is 18.2. The van der Waals surface area contributed by atoms with E-state index in [1.165, 1.54) is 23.8 Å². The van der Waals surface area contributed by atoms with E-state index >= 15 is 0 Å². The van der Waals surface area contributed by atoms with Gasteiger partial charge in [0.1, 0.15) is 0 Å². The lowest BCUT2D eigenvalue weighted by Gasteiger charge is -1.96. The molecule has 0 aromatic heterocycles. The molecule has 0 bridgehead atoms. The summed E-state index contributed by atoms with van der Waals surface area (Å²) in [6, 6.07) is 10.3. The number of benzene rings is 1. The maximum absolute atomic E-state index is 4.50. The summed E-state index contributed by atoms with van der Waals surface area (Å²) in [5.74, 6) is 0. The number of rotatable bonds is 7. The van der Waals surface area contributed by atoms with Crippen molar-refractivity contribution >= 4 is 6.08 Å². The van der Waals surface area contributed by atoms with E-state index < -0.39 is 0 Å². The van der Waals surface area contributed by atoms with Gasteiger partial charge in [-0.25, -0.2) is 0 Å². The Hall–Kier alpha value is -2.38. The van der Waals surface area contributed by atoms with Crippen LogP contribution in [-0.2, 0) is 0 Å². The second-order valence-electron chi connectivity index (χ2n) is 5.14. The first-order valence-electron chi connectivity index (χ1n) is 8.34. The zero-order valence-electron chi connectivity index (χ0n) is 15.5. The fraction of sp³-hybridized carbons (Fsp3) is 0.217. The molecule has 1 aromatic carbocycles. The molecule has 2 N–H and O–H groups in total. The SMILES string of the molecule is C=C(/C=C/c1ccccc1)/C=C(C)/C=C/C(/C=C\CC)=C/C.CN. The van der Waals surface area contributed by atoms with Crippen LogP contribution in [0.25, 0.3) is 6.08 Å². The summed E-state index contributed by atoms with van der Waals surface area (Å²) in [5.41, 5.74) is 9.09. The topological polar surface area (TPSA) is 26.0 Å². The molecule has 1 heteroatoms. The van der Waals surface area contributed by atoms with Crippen molar-refractivity contribution in [3.8, 4) is 0 Å². The Morgan fingerprint density at radius 3 is 2.29 bits per heavy atom. The molecule has 0 heterocycles. The van der Waals surface area contributed by atoms with Crippen molar-refractivity contribution in [1.29, 1.82) is 0 Å². The lowest BCUT2D eigenvalue weighted by atomic mass is 10.1. The van der Waals surface area contributed by atoms with E-state index in [2.05, 4.69) is 87.7 Å². The summed E-state index contributed by atoms with van der Waals surface area (Å²) in [6.45, 7) is 10.4. The van der Waals surface area contributed by atoms with Gasteiger partial charge in [-0.1, -0.05) is 98.0 Å². The molecule has 0 aliphatic carbocycles. The normalized spacial score (nSPS) is 12.7. The Kier molecular flexibility index (Phi) is 12.8. The molecule has 0 unspecified atom stereocenters. The average molecular weight is 322 g/mol. The van der Waals surface area contributed by atoms with Gasteiger partial charge in [0.05, 0.1) is 0 Å². The van der Waals surface area contributed by atoms with Crippen molar-refractivity contribution < 1.29 is 0 Å². The third kappa shape index (κ3) is 10.4. The standard InChI is InChI=1S/C22H26.CH5N/c1-5-7-11-21(6-2)16-14-19(3)18-20(4)15-17-22-12-9-8-10-13-22;1-2/h6-18H,4-5H2,1-3H3;2H2,1H3/b11-7-,16-14+,17-15+,19-18+,21-6+;. The van der Waals surface area contributed by atoms with Gasteiger partial charge < -0.3 is 5.73 Å². The van der Waals surface area contributed by atoms with E-state index in [1.807, 2.05) is 24.3 Å². The van der Waals surface area contributed by atoms with Crippen LogP contribution >= 0.6 is 0 Å². The van der Waals surface area contributed by atoms with Gasteiger partial charge in [0.25, 0.3) is 0 Å². The van der Waals surface area contributed by atoms with Gasteiger partial charge >= 0.3 is 0 Å². The van der Waals surface area contributed by atoms with Crippen molar-refractivity contribution in [3.63, 3.8) is 0 Å². The monoisotopic (exact) mass is 321 g/mol. The van der Waals surface area contributed by atoms with Gasteiger partial charge in [-0.3, -0.25) is 0 Å². The van der Waals surface area contributed by atoms with E-state index in [0.29, 0.717) is 0 Å². The zero-order valence-corrected chi connectivity index (χ0v) is 15.5. The minimum Gasteiger partial charge on any atom is -0.333 e. The first kappa shape index (κ1) is 21.6. The van der Waals surface area contributed by atoms with Crippen molar-refractivity contribution in [3.05, 3.63) is 102 Å². The molecule has 1 rings (SSSR count). The van der Waals surface area contributed by atoms with Crippen molar-refractivity contribution in [2.45, 2.75) is 27.2 Å². The predicted octanol–water partition coefficient (Wildman–Crippen LogP) is 6.25. The lowest BCUT2D eigenvalue weighted by Crippen LogP contribution is -1.76. The Labute approximate surface area is 148 Å². The molecule has 0 fully saturated rings. The van der Waals surface area contributed by atoms with Crippen LogP contribution < -0.4 is 5.73 Å². The van der Waals surface area contributed by atoms with E-state index in [0.717, 1.165) is 12.0 Å². The van der Waals surface area contributed by atoms with Gasteiger partial charge in [0.15, 0.2) is 0 Å². The Balaban J connectivity index is 0.00000254. The van der Waals surface area contributed by atoms with Crippen LogP contribution in [0.5, 0.6) is 0 Å². The summed E-state index contributed by atoms with van der Waals surface area (Å²) in [4.78, 5) is 0. The first-order chi connectivity index (χ1) is 11.7. The van der Waals surface area contributed by atoms with Gasteiger partial charge in [-0.15, -0.1) is 0 Å². The van der Waals surface area contributed by atoms with Gasteiger partial charge in [-0.05, 0) is 44.0 Å². The molecule has 1 aromatic rings. The van der Waals surface area contributed by atoms with Crippen molar-refractivity contribution in [1.82, 2.24) is 0 Å². The Bertz CT molecular complexity index is 611. The largest absolute Gasteiger partial charge is 0.333 e. The molecule has 0 amide bonds. The third-order valence-electron chi connectivity index (χ3n) is 3.12. The predicted molar refractivity (Wildman–Crippen MR) is 111 cm³/mol. The molecule has 24 heavy (non-hydrogen) atoms. The molecular weight excluding hydrogens is 290 g/mol. The Morgan fingerprint density at radius 1 is 1.04 bits per heavy atom. The number of nitrogens with two attached hydrogens (primary N) is 1. The van der Waals surface area contributed by atoms with Crippen LogP contribution in [0.2, 0.25) is 0 Å². The minimum absolute atomic E-state index is 0.997. The van der Waals surface area contributed by atoms with E-state index in [1.54, 1.807) is 0 Å². The molecule has 0 radical (unpaired) electrons. The van der Waals surface area contributed by atoms with Gasteiger partial charge in [0.2, 0.25) is 0 Å². The number of hydrogen-bond acceptors (Lipinski definition) is 1. The molecule has 0 saturated carbocycles. The Morgan fingerprint density at radius 2 is 1.71 bits per heavy atom. The molecular formula is C23H31N. The van der Waals surface area contributed by atoms with E-state index in [-0.39, 0.29) is 0 Å². The van der Waals surface area contributed by atoms with Crippen molar-refractivity contribution in [2.24, 2.45) is 5.73 Å². The number of allylic oxidation sites excluding steroid dienone is 10. The molecule has 0 atom stereocenters. The molecule has 1 nitrogen and oxygen atoms in total. The van der Waals surface area contributed by atoms with Gasteiger partial charge in [0, 0.05) is 0 Å². The summed E-state index contributed by atoms with van der Waals surface area (Å²) < 4.78 is 0. The minimum atomic E-state index is 0.997. The number of hydrogen-bond donors (Lipinski definition) is 1. The quantitative estimate of drug-likeness (QED) is 0.590. The summed E-state index contributed by atoms with van der Waals surface area (Å²) in [6.07, 6.45) is 17.9. The second-order valence-corrected chi connectivity index (χ2v) is 5.14. The van der Waals surface area contributed by atoms with Crippen LogP contribution in [0, 0.1) is 0 Å². The molecule has 0 aliphatic heterocycles. The highest BCUT2D eigenvalue weighted by Crippen LogP contribution is 2.09. The fourth-order valence-corrected chi connectivity index (χ4v) is 1.89. The highest BCUT2D eigenvalue weighted by atomic mass is 14.4. The maximum atomic E-state index is 4.50. The molecule has 0 spiro atoms. The third-order valence-corrected chi connectivity index (χ3v) is 3.12. The van der Waals surface area contributed by atoms with E-state index in [9.17, 15) is 0 Å². The maximum Gasteiger partial charge on any atom is -0.0195 e. The van der Waals surface area contributed by atoms with E-state index in [4.69, 9.17) is 0 Å². The molecule has 0 saturated heterocycles. The highest BCUT2D eigenvalue weighted by Gasteiger charge is 1.88. The summed E-state index contributed by atoms with van der Waals surface area (Å²) in [5, 5.41) is 0. The smallest absolute Gasteiger partial charge is 0.0195 e. The van der Waals surface area contributed by atoms with Crippen LogP contribution in [0.3, 0.4) is 0 Å². The summed E-state index contributed by atoms with van der Waals surface area (Å²) in [7, 11) is 1.50. The average Bonchev–Trinajstić information content (AvgIpc) is 2.62. The van der Waals surface area contributed by atoms with Crippen LogP contribution in [0.1, 0.15) is 32.8 Å². The van der Waals surface area contributed by atoms with Crippen LogP contribution in [0.4, 0.5) is 0 Å². The van der Waals surface area contributed by atoms with Gasteiger partial charge in [-0.2, -0.15) is 0 Å². The fourth-order valence-electron chi connectivity index (χ4n) is 1.89. The molecule has 128 valence electrons. The van der Waals surface area contributed by atoms with Crippen LogP contribution in [0.15, 0.2) is 96.2 Å². The summed E-state index contributed by atoms with van der Waals surface area (Å²) >= 11 is 0. The lowest BCUT2D eigenvalue weighted by molar-refractivity contribution is 1.22.